The van der Waals surface area contributed by atoms with Crippen LogP contribution in [0.15, 0.2) is 17.3 Å². The molecule has 0 fully saturated rings. The highest BCUT2D eigenvalue weighted by Gasteiger charge is 2.08. The van der Waals surface area contributed by atoms with Gasteiger partial charge in [0.2, 0.25) is 0 Å². The Morgan fingerprint density at radius 1 is 1.53 bits per heavy atom. The molecule has 6 heteroatoms. The van der Waals surface area contributed by atoms with Crippen LogP contribution in [-0.2, 0) is 4.74 Å². The molecule has 0 aliphatic carbocycles. The number of oxime groups is 1. The third-order valence-electron chi connectivity index (χ3n) is 2.61. The average Bonchev–Trinajstić information content (AvgIpc) is 2.36. The van der Waals surface area contributed by atoms with Gasteiger partial charge < -0.3 is 20.6 Å². The van der Waals surface area contributed by atoms with Crippen molar-refractivity contribution in [3.05, 3.63) is 23.4 Å². The Morgan fingerprint density at radius 3 is 2.79 bits per heavy atom. The van der Waals surface area contributed by atoms with Gasteiger partial charge in [-0.3, -0.25) is 0 Å². The fourth-order valence-electron chi connectivity index (χ4n) is 1.59. The topological polar surface area (TPSA) is 84.0 Å². The first-order valence-electron chi connectivity index (χ1n) is 6.23. The number of hydrogen-bond donors (Lipinski definition) is 2. The molecule has 0 amide bonds. The Bertz CT molecular complexity index is 446. The first kappa shape index (κ1) is 15.2. The van der Waals surface area contributed by atoms with Crippen LogP contribution in [0.4, 0.5) is 5.82 Å². The van der Waals surface area contributed by atoms with Gasteiger partial charge in [0.15, 0.2) is 5.84 Å². The number of hydrogen-bond acceptors (Lipinski definition) is 5. The quantitative estimate of drug-likeness (QED) is 0.351. The van der Waals surface area contributed by atoms with E-state index < -0.39 is 0 Å². The number of likely N-dealkylation sites (N-methyl/N-ethyl adjacent to an activating group) is 1. The largest absolute Gasteiger partial charge is 0.409 e. The summed E-state index contributed by atoms with van der Waals surface area (Å²) in [6, 6.07) is 3.56. The maximum atomic E-state index is 8.72. The van der Waals surface area contributed by atoms with Crippen LogP contribution < -0.4 is 10.6 Å². The van der Waals surface area contributed by atoms with E-state index in [0.717, 1.165) is 18.1 Å². The van der Waals surface area contributed by atoms with Crippen LogP contribution >= 0.6 is 0 Å². The first-order chi connectivity index (χ1) is 8.93. The molecule has 0 unspecified atom stereocenters. The fraction of sp³-hybridized carbons (Fsp3) is 0.538. The highest BCUT2D eigenvalue weighted by Crippen LogP contribution is 2.13. The van der Waals surface area contributed by atoms with Crippen molar-refractivity contribution in [1.29, 1.82) is 0 Å². The van der Waals surface area contributed by atoms with E-state index in [9.17, 15) is 0 Å². The van der Waals surface area contributed by atoms with Crippen molar-refractivity contribution in [1.82, 2.24) is 4.98 Å². The van der Waals surface area contributed by atoms with E-state index in [4.69, 9.17) is 15.7 Å². The van der Waals surface area contributed by atoms with Crippen molar-refractivity contribution >= 4 is 11.7 Å². The predicted octanol–water partition coefficient (Wildman–Crippen LogP) is 1.35. The fourth-order valence-corrected chi connectivity index (χ4v) is 1.59. The second-order valence-corrected chi connectivity index (χ2v) is 4.68. The molecule has 1 aromatic rings. The number of ether oxygens (including phenoxy) is 1. The van der Waals surface area contributed by atoms with Crippen molar-refractivity contribution in [2.45, 2.75) is 26.9 Å². The Hall–Kier alpha value is -1.82. The van der Waals surface area contributed by atoms with Gasteiger partial charge >= 0.3 is 0 Å². The molecule has 6 nitrogen and oxygen atoms in total. The summed E-state index contributed by atoms with van der Waals surface area (Å²) in [5.41, 5.74) is 7.07. The molecule has 0 radical (unpaired) electrons. The van der Waals surface area contributed by atoms with Gasteiger partial charge in [-0.05, 0) is 32.9 Å². The standard InChI is InChI=1S/C13H22N4O2/c1-9(2)19-6-5-17(4)12-8-11(13(14)16-18)7-10(3)15-12/h7-9,18H,5-6H2,1-4H3,(H2,14,16). The molecule has 19 heavy (non-hydrogen) atoms. The summed E-state index contributed by atoms with van der Waals surface area (Å²) in [4.78, 5) is 6.40. The molecule has 0 saturated carbocycles. The average molecular weight is 266 g/mol. The van der Waals surface area contributed by atoms with E-state index in [2.05, 4.69) is 10.1 Å². The summed E-state index contributed by atoms with van der Waals surface area (Å²) in [5.74, 6) is 0.854. The number of pyridine rings is 1. The molecule has 0 aromatic carbocycles. The van der Waals surface area contributed by atoms with Crippen LogP contribution in [0.1, 0.15) is 25.1 Å². The minimum atomic E-state index is 0.0820. The van der Waals surface area contributed by atoms with Gasteiger partial charge in [0.05, 0.1) is 12.7 Å². The van der Waals surface area contributed by atoms with E-state index in [1.54, 1.807) is 12.1 Å². The second kappa shape index (κ2) is 6.94. The van der Waals surface area contributed by atoms with Gasteiger partial charge in [-0.25, -0.2) is 4.98 Å². The summed E-state index contributed by atoms with van der Waals surface area (Å²) >= 11 is 0. The molecule has 1 rings (SSSR count). The highest BCUT2D eigenvalue weighted by atomic mass is 16.5. The molecule has 0 spiro atoms. The SMILES string of the molecule is Cc1cc(/C(N)=N/O)cc(N(C)CCOC(C)C)n1. The predicted molar refractivity (Wildman–Crippen MR) is 75.8 cm³/mol. The molecule has 1 heterocycles. The Kier molecular flexibility index (Phi) is 5.57. The molecule has 0 saturated heterocycles. The third-order valence-corrected chi connectivity index (χ3v) is 2.61. The van der Waals surface area contributed by atoms with Crippen LogP contribution in [0.3, 0.4) is 0 Å². The smallest absolute Gasteiger partial charge is 0.170 e. The zero-order valence-corrected chi connectivity index (χ0v) is 11.9. The number of anilines is 1. The number of nitrogens with two attached hydrogens (primary N) is 1. The molecular formula is C13H22N4O2. The summed E-state index contributed by atoms with van der Waals surface area (Å²) in [7, 11) is 1.93. The van der Waals surface area contributed by atoms with Gasteiger partial charge in [-0.2, -0.15) is 0 Å². The molecule has 0 aliphatic heterocycles. The van der Waals surface area contributed by atoms with Gasteiger partial charge in [0, 0.05) is 24.8 Å². The lowest BCUT2D eigenvalue weighted by atomic mass is 10.2. The molecule has 3 N–H and O–H groups in total. The molecule has 0 atom stereocenters. The van der Waals surface area contributed by atoms with Gasteiger partial charge in [0.25, 0.3) is 0 Å². The number of rotatable bonds is 6. The maximum absolute atomic E-state index is 8.72. The molecule has 0 bridgehead atoms. The van der Waals surface area contributed by atoms with Crippen molar-refractivity contribution < 1.29 is 9.94 Å². The second-order valence-electron chi connectivity index (χ2n) is 4.68. The zero-order chi connectivity index (χ0) is 14.4. The van der Waals surface area contributed by atoms with Crippen LogP contribution in [0.25, 0.3) is 0 Å². The minimum absolute atomic E-state index is 0.0820. The number of nitrogens with zero attached hydrogens (tertiary/aromatic N) is 3. The number of aryl methyl sites for hydroxylation is 1. The third kappa shape index (κ3) is 4.75. The Morgan fingerprint density at radius 2 is 2.21 bits per heavy atom. The first-order valence-corrected chi connectivity index (χ1v) is 6.23. The molecule has 106 valence electrons. The monoisotopic (exact) mass is 266 g/mol. The van der Waals surface area contributed by atoms with Crippen LogP contribution in [0.5, 0.6) is 0 Å². The lowest BCUT2D eigenvalue weighted by Gasteiger charge is -2.20. The summed E-state index contributed by atoms with van der Waals surface area (Å²) in [5, 5.41) is 11.7. The lowest BCUT2D eigenvalue weighted by Crippen LogP contribution is -2.25. The van der Waals surface area contributed by atoms with Crippen molar-refractivity contribution in [3.8, 4) is 0 Å². The van der Waals surface area contributed by atoms with Gasteiger partial charge in [-0.1, -0.05) is 5.16 Å². The van der Waals surface area contributed by atoms with Gasteiger partial charge in [0.1, 0.15) is 5.82 Å². The van der Waals surface area contributed by atoms with Crippen LogP contribution in [-0.4, -0.2) is 42.3 Å². The normalized spacial score (nSPS) is 11.9. The van der Waals surface area contributed by atoms with Crippen LogP contribution in [0, 0.1) is 6.92 Å². The van der Waals surface area contributed by atoms with E-state index in [-0.39, 0.29) is 11.9 Å². The zero-order valence-electron chi connectivity index (χ0n) is 11.9. The van der Waals surface area contributed by atoms with Crippen molar-refractivity contribution in [3.63, 3.8) is 0 Å². The lowest BCUT2D eigenvalue weighted by molar-refractivity contribution is 0.0845. The van der Waals surface area contributed by atoms with E-state index in [0.29, 0.717) is 12.2 Å². The van der Waals surface area contributed by atoms with E-state index >= 15 is 0 Å². The molecular weight excluding hydrogens is 244 g/mol. The van der Waals surface area contributed by atoms with Gasteiger partial charge in [-0.15, -0.1) is 0 Å². The summed E-state index contributed by atoms with van der Waals surface area (Å²) in [6.07, 6.45) is 0.214. The number of amidine groups is 1. The maximum Gasteiger partial charge on any atom is 0.170 e. The summed E-state index contributed by atoms with van der Waals surface area (Å²) in [6.45, 7) is 7.23. The molecule has 1 aromatic heterocycles. The minimum Gasteiger partial charge on any atom is -0.409 e. The highest BCUT2D eigenvalue weighted by molar-refractivity contribution is 5.97. The summed E-state index contributed by atoms with van der Waals surface area (Å²) < 4.78 is 5.51. The Balaban J connectivity index is 2.79. The Labute approximate surface area is 113 Å². The van der Waals surface area contributed by atoms with E-state index in [1.165, 1.54) is 0 Å². The van der Waals surface area contributed by atoms with E-state index in [1.807, 2.05) is 32.7 Å². The van der Waals surface area contributed by atoms with Crippen molar-refractivity contribution in [2.75, 3.05) is 25.1 Å². The van der Waals surface area contributed by atoms with Crippen molar-refractivity contribution in [2.24, 2.45) is 10.9 Å². The van der Waals surface area contributed by atoms with Crippen LogP contribution in [0.2, 0.25) is 0 Å². The number of aromatic nitrogens is 1. The molecule has 0 aliphatic rings.